The Morgan fingerprint density at radius 2 is 1.85 bits per heavy atom. The van der Waals surface area contributed by atoms with Crippen LogP contribution in [0.1, 0.15) is 62.4 Å². The van der Waals surface area contributed by atoms with Gasteiger partial charge in [-0.05, 0) is 60.7 Å². The molecule has 2 atom stereocenters. The van der Waals surface area contributed by atoms with E-state index in [1.807, 2.05) is 47.9 Å². The van der Waals surface area contributed by atoms with E-state index in [0.717, 1.165) is 41.3 Å². The Morgan fingerprint density at radius 3 is 2.56 bits per heavy atom. The number of hydrogen-bond acceptors (Lipinski definition) is 5. The molecular formula is C32H37N3O4. The summed E-state index contributed by atoms with van der Waals surface area (Å²) in [4.78, 5) is 27.1. The zero-order chi connectivity index (χ0) is 27.7. The van der Waals surface area contributed by atoms with Crippen LogP contribution in [0.25, 0.3) is 27.4 Å². The first-order chi connectivity index (χ1) is 18.8. The second kappa shape index (κ2) is 11.1. The lowest BCUT2D eigenvalue weighted by molar-refractivity contribution is 0.0950. The maximum absolute atomic E-state index is 13.7. The van der Waals surface area contributed by atoms with Crippen molar-refractivity contribution in [3.63, 3.8) is 0 Å². The SMILES string of the molecule is CCCCC(C)CCNC(=O)c1cn2c3c(c(NCC(C)O)c(C)cc3c1=O)Oc1cc3ccccc3cc1-2. The number of pyridine rings is 1. The number of aliphatic hydroxyl groups excluding tert-OH is 1. The number of anilines is 1. The Labute approximate surface area is 228 Å². The van der Waals surface area contributed by atoms with Crippen molar-refractivity contribution < 1.29 is 14.6 Å². The molecule has 0 bridgehead atoms. The smallest absolute Gasteiger partial charge is 0.256 e. The quantitative estimate of drug-likeness (QED) is 0.198. The summed E-state index contributed by atoms with van der Waals surface area (Å²) in [6.07, 6.45) is 5.42. The summed E-state index contributed by atoms with van der Waals surface area (Å²) in [5.41, 5.74) is 2.67. The Kier molecular flexibility index (Phi) is 7.62. The molecule has 2 unspecified atom stereocenters. The molecule has 1 aliphatic heterocycles. The molecule has 0 radical (unpaired) electrons. The summed E-state index contributed by atoms with van der Waals surface area (Å²) < 4.78 is 8.38. The second-order valence-corrected chi connectivity index (χ2v) is 10.8. The highest BCUT2D eigenvalue weighted by Gasteiger charge is 2.28. The van der Waals surface area contributed by atoms with Crippen molar-refractivity contribution in [3.8, 4) is 17.2 Å². The summed E-state index contributed by atoms with van der Waals surface area (Å²) in [6, 6.07) is 13.8. The number of carbonyl (C=O) groups excluding carboxylic acids is 1. The molecule has 3 N–H and O–H groups in total. The maximum Gasteiger partial charge on any atom is 0.256 e. The van der Waals surface area contributed by atoms with Crippen molar-refractivity contribution in [2.75, 3.05) is 18.4 Å². The van der Waals surface area contributed by atoms with Crippen molar-refractivity contribution in [1.82, 2.24) is 9.88 Å². The fourth-order valence-electron chi connectivity index (χ4n) is 5.32. The van der Waals surface area contributed by atoms with E-state index in [9.17, 15) is 14.7 Å². The minimum atomic E-state index is -0.565. The van der Waals surface area contributed by atoms with E-state index in [0.29, 0.717) is 47.1 Å². The zero-order valence-electron chi connectivity index (χ0n) is 23.1. The van der Waals surface area contributed by atoms with Crippen LogP contribution in [-0.2, 0) is 0 Å². The van der Waals surface area contributed by atoms with Crippen molar-refractivity contribution in [2.24, 2.45) is 5.92 Å². The Hall–Kier alpha value is -3.84. The molecular weight excluding hydrogens is 490 g/mol. The van der Waals surface area contributed by atoms with Crippen molar-refractivity contribution >= 4 is 33.3 Å². The topological polar surface area (TPSA) is 92.6 Å². The average Bonchev–Trinajstić information content (AvgIpc) is 2.91. The van der Waals surface area contributed by atoms with Crippen LogP contribution in [0.3, 0.4) is 0 Å². The molecule has 3 aromatic carbocycles. The van der Waals surface area contributed by atoms with Gasteiger partial charge in [0.05, 0.1) is 22.9 Å². The van der Waals surface area contributed by atoms with Crippen LogP contribution in [0.5, 0.6) is 11.5 Å². The van der Waals surface area contributed by atoms with Crippen LogP contribution in [0.2, 0.25) is 0 Å². The molecule has 0 saturated carbocycles. The van der Waals surface area contributed by atoms with Crippen LogP contribution in [0.15, 0.2) is 53.5 Å². The molecule has 39 heavy (non-hydrogen) atoms. The molecule has 204 valence electrons. The molecule has 2 heterocycles. The predicted octanol–water partition coefficient (Wildman–Crippen LogP) is 6.30. The minimum Gasteiger partial charge on any atom is -0.451 e. The number of unbranched alkanes of at least 4 members (excludes halogenated alkanes) is 1. The third kappa shape index (κ3) is 5.23. The van der Waals surface area contributed by atoms with E-state index >= 15 is 0 Å². The van der Waals surface area contributed by atoms with E-state index in [1.165, 1.54) is 6.42 Å². The van der Waals surface area contributed by atoms with Gasteiger partial charge in [0.2, 0.25) is 5.43 Å². The number of amides is 1. The first kappa shape index (κ1) is 26.8. The number of aliphatic hydroxyl groups is 1. The molecule has 1 aromatic heterocycles. The van der Waals surface area contributed by atoms with Gasteiger partial charge in [-0.15, -0.1) is 0 Å². The summed E-state index contributed by atoms with van der Waals surface area (Å²) in [5.74, 6) is 1.30. The number of hydrogen-bond donors (Lipinski definition) is 3. The van der Waals surface area contributed by atoms with Gasteiger partial charge < -0.3 is 25.0 Å². The van der Waals surface area contributed by atoms with Crippen LogP contribution < -0.4 is 20.8 Å². The highest BCUT2D eigenvalue weighted by Crippen LogP contribution is 2.46. The van der Waals surface area contributed by atoms with E-state index in [2.05, 4.69) is 24.5 Å². The van der Waals surface area contributed by atoms with Gasteiger partial charge >= 0.3 is 0 Å². The molecule has 1 aliphatic rings. The Balaban J connectivity index is 1.63. The van der Waals surface area contributed by atoms with Crippen molar-refractivity contribution in [2.45, 2.75) is 59.5 Å². The minimum absolute atomic E-state index is 0.111. The van der Waals surface area contributed by atoms with Crippen LogP contribution in [-0.4, -0.2) is 34.8 Å². The summed E-state index contributed by atoms with van der Waals surface area (Å²) >= 11 is 0. The molecule has 7 heteroatoms. The number of carbonyl (C=O) groups is 1. The largest absolute Gasteiger partial charge is 0.451 e. The first-order valence-corrected chi connectivity index (χ1v) is 13.9. The number of rotatable bonds is 10. The standard InChI is InChI=1S/C32H37N3O4/c1-5-6-9-19(2)12-13-33-32(38)25-18-35-26-15-22-10-7-8-11-23(22)16-27(26)39-31-28(34-17-21(4)36)20(3)14-24(29(31)35)30(25)37/h7-8,10-11,14-16,18-19,21,34,36H,5-6,9,12-13,17H2,1-4H3,(H,33,38). The molecule has 0 fully saturated rings. The van der Waals surface area contributed by atoms with E-state index in [1.54, 1.807) is 19.2 Å². The summed E-state index contributed by atoms with van der Waals surface area (Å²) in [7, 11) is 0. The maximum atomic E-state index is 13.7. The highest BCUT2D eigenvalue weighted by atomic mass is 16.5. The van der Waals surface area contributed by atoms with Gasteiger partial charge in [0.25, 0.3) is 5.91 Å². The Morgan fingerprint density at radius 1 is 1.10 bits per heavy atom. The third-order valence-electron chi connectivity index (χ3n) is 7.53. The molecule has 0 aliphatic carbocycles. The van der Waals surface area contributed by atoms with Gasteiger partial charge in [-0.3, -0.25) is 9.59 Å². The van der Waals surface area contributed by atoms with Gasteiger partial charge in [0.15, 0.2) is 11.5 Å². The predicted molar refractivity (Wildman–Crippen MR) is 158 cm³/mol. The zero-order valence-corrected chi connectivity index (χ0v) is 23.1. The van der Waals surface area contributed by atoms with Gasteiger partial charge in [-0.1, -0.05) is 57.4 Å². The number of nitrogens with zero attached hydrogens (tertiary/aromatic N) is 1. The van der Waals surface area contributed by atoms with E-state index < -0.39 is 6.10 Å². The van der Waals surface area contributed by atoms with Gasteiger partial charge in [0, 0.05) is 19.3 Å². The Bertz CT molecular complexity index is 1610. The van der Waals surface area contributed by atoms with E-state index in [-0.39, 0.29) is 16.9 Å². The number of aryl methyl sites for hydroxylation is 1. The number of ether oxygens (including phenoxy) is 1. The number of aromatic nitrogens is 1. The van der Waals surface area contributed by atoms with Gasteiger partial charge in [0.1, 0.15) is 11.1 Å². The van der Waals surface area contributed by atoms with Crippen LogP contribution >= 0.6 is 0 Å². The second-order valence-electron chi connectivity index (χ2n) is 10.8. The van der Waals surface area contributed by atoms with Crippen LogP contribution in [0.4, 0.5) is 5.69 Å². The number of benzene rings is 3. The lowest BCUT2D eigenvalue weighted by Gasteiger charge is -2.27. The highest BCUT2D eigenvalue weighted by molar-refractivity contribution is 6.02. The van der Waals surface area contributed by atoms with Gasteiger partial charge in [-0.2, -0.15) is 0 Å². The lowest BCUT2D eigenvalue weighted by Crippen LogP contribution is -2.31. The monoisotopic (exact) mass is 527 g/mol. The summed E-state index contributed by atoms with van der Waals surface area (Å²) in [5, 5.41) is 18.7. The van der Waals surface area contributed by atoms with Crippen molar-refractivity contribution in [1.29, 1.82) is 0 Å². The summed E-state index contributed by atoms with van der Waals surface area (Å²) in [6.45, 7) is 8.84. The normalized spacial score (nSPS) is 13.6. The fourth-order valence-corrected chi connectivity index (χ4v) is 5.32. The first-order valence-electron chi connectivity index (χ1n) is 13.9. The average molecular weight is 528 g/mol. The van der Waals surface area contributed by atoms with E-state index in [4.69, 9.17) is 4.74 Å². The van der Waals surface area contributed by atoms with Crippen molar-refractivity contribution in [3.05, 3.63) is 70.0 Å². The molecule has 1 amide bonds. The third-order valence-corrected chi connectivity index (χ3v) is 7.53. The molecule has 4 aromatic rings. The lowest BCUT2D eigenvalue weighted by atomic mass is 10.0. The van der Waals surface area contributed by atoms with Gasteiger partial charge in [-0.25, -0.2) is 0 Å². The number of nitrogens with one attached hydrogen (secondary N) is 2. The fraction of sp³-hybridized carbons (Fsp3) is 0.375. The molecule has 0 saturated heterocycles. The molecule has 0 spiro atoms. The van der Waals surface area contributed by atoms with Crippen LogP contribution in [0, 0.1) is 12.8 Å². The molecule has 5 rings (SSSR count). The molecule has 7 nitrogen and oxygen atoms in total. The number of fused-ring (bicyclic) bond motifs is 3.